The van der Waals surface area contributed by atoms with Gasteiger partial charge in [-0.05, 0) is 97.7 Å². The van der Waals surface area contributed by atoms with Crippen LogP contribution in [0.2, 0.25) is 0 Å². The van der Waals surface area contributed by atoms with Crippen molar-refractivity contribution >= 4 is 5.91 Å². The van der Waals surface area contributed by atoms with Gasteiger partial charge in [0.1, 0.15) is 0 Å². The van der Waals surface area contributed by atoms with Crippen molar-refractivity contribution in [2.45, 2.75) is 219 Å². The molecule has 1 unspecified atom stereocenters. The molecular weight excluding hydrogens is 572 g/mol. The Balaban J connectivity index is 3.97. The van der Waals surface area contributed by atoms with Crippen molar-refractivity contribution in [3.05, 3.63) is 36.5 Å². The first-order valence-electron chi connectivity index (χ1n) is 21.0. The Bertz CT molecular complexity index is 710. The third-order valence-electron chi connectivity index (χ3n) is 9.44. The molecule has 0 aliphatic carbocycles. The lowest BCUT2D eigenvalue weighted by atomic mass is 9.99. The van der Waals surface area contributed by atoms with Crippen LogP contribution in [-0.4, -0.2) is 37.5 Å². The van der Waals surface area contributed by atoms with Gasteiger partial charge >= 0.3 is 0 Å². The van der Waals surface area contributed by atoms with Gasteiger partial charge in [0.25, 0.3) is 0 Å². The standard InChI is InChI=1S/C44H84N2O/c1-5-7-9-11-13-15-17-19-21-23-25-27-29-31-33-35-37-40-43(45-44(47)41-38-42-46(3)4)39-36-34-32-30-28-26-24-22-20-18-16-14-12-10-8-6-2/h15,17,20-23,43H,5-14,16,18-19,24-42H2,1-4H3,(H,45,47)/b17-15-,22-20-,23-21-. The van der Waals surface area contributed by atoms with Gasteiger partial charge in [-0.15, -0.1) is 0 Å². The second-order valence-electron chi connectivity index (χ2n) is 14.6. The number of hydrogen-bond acceptors (Lipinski definition) is 2. The van der Waals surface area contributed by atoms with Crippen molar-refractivity contribution in [2.75, 3.05) is 20.6 Å². The number of allylic oxidation sites excluding steroid dienone is 6. The Morgan fingerprint density at radius 2 is 0.851 bits per heavy atom. The summed E-state index contributed by atoms with van der Waals surface area (Å²) in [6.45, 7) is 5.55. The lowest BCUT2D eigenvalue weighted by molar-refractivity contribution is -0.122. The minimum Gasteiger partial charge on any atom is -0.353 e. The summed E-state index contributed by atoms with van der Waals surface area (Å²) in [4.78, 5) is 14.8. The number of unbranched alkanes of at least 4 members (excludes halogenated alkanes) is 22. The number of nitrogens with one attached hydrogen (secondary N) is 1. The number of hydrogen-bond donors (Lipinski definition) is 1. The summed E-state index contributed by atoms with van der Waals surface area (Å²) in [5, 5.41) is 3.42. The van der Waals surface area contributed by atoms with E-state index in [-0.39, 0.29) is 5.91 Å². The lowest BCUT2D eigenvalue weighted by Crippen LogP contribution is -2.35. The van der Waals surface area contributed by atoms with E-state index in [1.807, 2.05) is 0 Å². The van der Waals surface area contributed by atoms with Crippen LogP contribution in [0.1, 0.15) is 213 Å². The van der Waals surface area contributed by atoms with Gasteiger partial charge in [-0.3, -0.25) is 4.79 Å². The number of carbonyl (C=O) groups is 1. The molecular formula is C44H84N2O. The zero-order chi connectivity index (χ0) is 34.3. The summed E-state index contributed by atoms with van der Waals surface area (Å²) in [6.07, 6.45) is 53.9. The first-order chi connectivity index (χ1) is 23.1. The predicted octanol–water partition coefficient (Wildman–Crippen LogP) is 13.8. The summed E-state index contributed by atoms with van der Waals surface area (Å²) in [5.41, 5.74) is 0. The van der Waals surface area contributed by atoms with Gasteiger partial charge in [0.2, 0.25) is 5.91 Å². The Labute approximate surface area is 296 Å². The summed E-state index contributed by atoms with van der Waals surface area (Å²) >= 11 is 0. The summed E-state index contributed by atoms with van der Waals surface area (Å²) in [5.74, 6) is 0.261. The van der Waals surface area contributed by atoms with Gasteiger partial charge in [-0.25, -0.2) is 0 Å². The van der Waals surface area contributed by atoms with Crippen molar-refractivity contribution < 1.29 is 4.79 Å². The number of carbonyl (C=O) groups excluding carboxylic acids is 1. The van der Waals surface area contributed by atoms with Crippen LogP contribution in [0.3, 0.4) is 0 Å². The van der Waals surface area contributed by atoms with Crippen LogP contribution in [-0.2, 0) is 4.79 Å². The average Bonchev–Trinajstić information content (AvgIpc) is 3.05. The molecule has 1 atom stereocenters. The maximum absolute atomic E-state index is 12.6. The molecule has 0 spiro atoms. The molecule has 1 amide bonds. The fourth-order valence-corrected chi connectivity index (χ4v) is 6.34. The molecule has 3 heteroatoms. The van der Waals surface area contributed by atoms with Crippen molar-refractivity contribution in [3.63, 3.8) is 0 Å². The molecule has 0 aliphatic heterocycles. The summed E-state index contributed by atoms with van der Waals surface area (Å²) in [7, 11) is 4.17. The molecule has 0 heterocycles. The second-order valence-corrected chi connectivity index (χ2v) is 14.6. The van der Waals surface area contributed by atoms with Crippen molar-refractivity contribution in [2.24, 2.45) is 0 Å². The van der Waals surface area contributed by atoms with Gasteiger partial charge in [0.15, 0.2) is 0 Å². The number of amides is 1. The van der Waals surface area contributed by atoms with Crippen molar-refractivity contribution in [1.82, 2.24) is 10.2 Å². The molecule has 0 aromatic heterocycles. The highest BCUT2D eigenvalue weighted by molar-refractivity contribution is 5.76. The smallest absolute Gasteiger partial charge is 0.220 e. The SMILES string of the molecule is CCCCCC/C=C\C/C=C\CCCCCCCCC(CCCCCCCC/C=C\CCCCCCCC)NC(=O)CCCN(C)C. The predicted molar refractivity (Wildman–Crippen MR) is 212 cm³/mol. The zero-order valence-corrected chi connectivity index (χ0v) is 32.5. The van der Waals surface area contributed by atoms with E-state index < -0.39 is 0 Å². The number of rotatable bonds is 37. The molecule has 0 aliphatic rings. The van der Waals surface area contributed by atoms with Gasteiger partial charge < -0.3 is 10.2 Å². The Hall–Kier alpha value is -1.35. The Morgan fingerprint density at radius 3 is 1.28 bits per heavy atom. The van der Waals surface area contributed by atoms with Gasteiger partial charge in [-0.1, -0.05) is 166 Å². The molecule has 0 saturated carbocycles. The topological polar surface area (TPSA) is 32.3 Å². The average molecular weight is 657 g/mol. The van der Waals surface area contributed by atoms with Crippen LogP contribution in [0, 0.1) is 0 Å². The minimum atomic E-state index is 0.261. The maximum Gasteiger partial charge on any atom is 0.220 e. The Kier molecular flexibility index (Phi) is 38.0. The zero-order valence-electron chi connectivity index (χ0n) is 32.5. The van der Waals surface area contributed by atoms with E-state index in [0.29, 0.717) is 12.5 Å². The first-order valence-corrected chi connectivity index (χ1v) is 21.0. The van der Waals surface area contributed by atoms with Crippen LogP contribution >= 0.6 is 0 Å². The first kappa shape index (κ1) is 45.6. The normalized spacial score (nSPS) is 12.8. The highest BCUT2D eigenvalue weighted by atomic mass is 16.1. The third kappa shape index (κ3) is 39.0. The van der Waals surface area contributed by atoms with Crippen LogP contribution in [0.25, 0.3) is 0 Å². The summed E-state index contributed by atoms with van der Waals surface area (Å²) in [6, 6.07) is 0.370. The molecule has 0 bridgehead atoms. The molecule has 276 valence electrons. The van der Waals surface area contributed by atoms with E-state index in [2.05, 4.69) is 74.6 Å². The van der Waals surface area contributed by atoms with Crippen LogP contribution in [0.15, 0.2) is 36.5 Å². The lowest BCUT2D eigenvalue weighted by Gasteiger charge is -2.19. The monoisotopic (exact) mass is 657 g/mol. The fourth-order valence-electron chi connectivity index (χ4n) is 6.34. The van der Waals surface area contributed by atoms with Crippen LogP contribution in [0.5, 0.6) is 0 Å². The van der Waals surface area contributed by atoms with E-state index in [1.54, 1.807) is 0 Å². The number of nitrogens with zero attached hydrogens (tertiary/aromatic N) is 1. The Morgan fingerprint density at radius 1 is 0.489 bits per heavy atom. The fraction of sp³-hybridized carbons (Fsp3) is 0.841. The molecule has 0 fully saturated rings. The van der Waals surface area contributed by atoms with Crippen molar-refractivity contribution in [1.29, 1.82) is 0 Å². The molecule has 0 rings (SSSR count). The molecule has 3 nitrogen and oxygen atoms in total. The largest absolute Gasteiger partial charge is 0.353 e. The minimum absolute atomic E-state index is 0.261. The highest BCUT2D eigenvalue weighted by Crippen LogP contribution is 2.16. The van der Waals surface area contributed by atoms with Crippen LogP contribution < -0.4 is 5.32 Å². The molecule has 0 aromatic carbocycles. The second kappa shape index (κ2) is 39.1. The van der Waals surface area contributed by atoms with E-state index in [1.165, 1.54) is 167 Å². The van der Waals surface area contributed by atoms with E-state index in [9.17, 15) is 4.79 Å². The maximum atomic E-state index is 12.6. The molecule has 0 saturated heterocycles. The summed E-state index contributed by atoms with van der Waals surface area (Å²) < 4.78 is 0. The quantitative estimate of drug-likeness (QED) is 0.0533. The van der Waals surface area contributed by atoms with Crippen LogP contribution in [0.4, 0.5) is 0 Å². The van der Waals surface area contributed by atoms with E-state index in [0.717, 1.165) is 32.2 Å². The molecule has 0 radical (unpaired) electrons. The molecule has 0 aromatic rings. The highest BCUT2D eigenvalue weighted by Gasteiger charge is 2.12. The third-order valence-corrected chi connectivity index (χ3v) is 9.44. The van der Waals surface area contributed by atoms with Gasteiger partial charge in [0, 0.05) is 12.5 Å². The van der Waals surface area contributed by atoms with E-state index in [4.69, 9.17) is 0 Å². The van der Waals surface area contributed by atoms with Gasteiger partial charge in [0.05, 0.1) is 0 Å². The molecule has 47 heavy (non-hydrogen) atoms. The van der Waals surface area contributed by atoms with Crippen molar-refractivity contribution in [3.8, 4) is 0 Å². The molecule has 1 N–H and O–H groups in total. The van der Waals surface area contributed by atoms with E-state index >= 15 is 0 Å². The van der Waals surface area contributed by atoms with Gasteiger partial charge in [-0.2, -0.15) is 0 Å².